The summed E-state index contributed by atoms with van der Waals surface area (Å²) >= 11 is 0. The fourth-order valence-corrected chi connectivity index (χ4v) is 4.35. The lowest BCUT2D eigenvalue weighted by molar-refractivity contribution is 0.253. The second-order valence-electron chi connectivity index (χ2n) is 4.86. The van der Waals surface area contributed by atoms with E-state index in [-0.39, 0.29) is 13.2 Å². The number of aryl methyl sites for hydroxylation is 3. The number of aliphatic hydroxyl groups excluding tert-OH is 1. The van der Waals surface area contributed by atoms with Crippen LogP contribution in [0, 0.1) is 20.8 Å². The highest BCUT2D eigenvalue weighted by molar-refractivity contribution is 7.89. The van der Waals surface area contributed by atoms with Gasteiger partial charge in [-0.2, -0.15) is 4.31 Å². The molecule has 0 fully saturated rings. The van der Waals surface area contributed by atoms with E-state index in [0.717, 1.165) is 23.1 Å². The van der Waals surface area contributed by atoms with Crippen molar-refractivity contribution in [2.75, 3.05) is 19.7 Å². The SMILES string of the molecule is CCCN(CCO)S(=O)(=O)c1c(C)cc(C)cc1C. The van der Waals surface area contributed by atoms with Gasteiger partial charge < -0.3 is 5.11 Å². The number of hydrogen-bond acceptors (Lipinski definition) is 3. The van der Waals surface area contributed by atoms with Crippen LogP contribution in [0.3, 0.4) is 0 Å². The summed E-state index contributed by atoms with van der Waals surface area (Å²) in [6, 6.07) is 3.76. The van der Waals surface area contributed by atoms with Crippen molar-refractivity contribution in [2.24, 2.45) is 0 Å². The van der Waals surface area contributed by atoms with Crippen LogP contribution >= 0.6 is 0 Å². The molecule has 0 aliphatic rings. The molecule has 0 radical (unpaired) electrons. The molecule has 1 aromatic rings. The molecule has 0 unspecified atom stereocenters. The molecular weight excluding hydrogens is 262 g/mol. The average molecular weight is 285 g/mol. The zero-order valence-electron chi connectivity index (χ0n) is 12.1. The van der Waals surface area contributed by atoms with Gasteiger partial charge in [0.05, 0.1) is 11.5 Å². The van der Waals surface area contributed by atoms with Crippen molar-refractivity contribution in [3.05, 3.63) is 28.8 Å². The molecule has 1 rings (SSSR count). The lowest BCUT2D eigenvalue weighted by Gasteiger charge is -2.23. The quantitative estimate of drug-likeness (QED) is 0.870. The minimum Gasteiger partial charge on any atom is -0.395 e. The maximum Gasteiger partial charge on any atom is 0.243 e. The summed E-state index contributed by atoms with van der Waals surface area (Å²) < 4.78 is 26.7. The maximum absolute atomic E-state index is 12.7. The third-order valence-corrected chi connectivity index (χ3v) is 5.23. The minimum absolute atomic E-state index is 0.142. The smallest absolute Gasteiger partial charge is 0.243 e. The zero-order valence-corrected chi connectivity index (χ0v) is 12.9. The Morgan fingerprint density at radius 2 is 1.63 bits per heavy atom. The second-order valence-corrected chi connectivity index (χ2v) is 6.73. The van der Waals surface area contributed by atoms with Crippen LogP contribution < -0.4 is 0 Å². The molecule has 0 aromatic heterocycles. The van der Waals surface area contributed by atoms with E-state index in [2.05, 4.69) is 0 Å². The Morgan fingerprint density at radius 3 is 2.05 bits per heavy atom. The molecule has 5 heteroatoms. The topological polar surface area (TPSA) is 57.6 Å². The number of benzene rings is 1. The number of nitrogens with zero attached hydrogens (tertiary/aromatic N) is 1. The van der Waals surface area contributed by atoms with Crippen LogP contribution in [0.2, 0.25) is 0 Å². The van der Waals surface area contributed by atoms with Crippen LogP contribution in [0.1, 0.15) is 30.0 Å². The first-order valence-electron chi connectivity index (χ1n) is 6.53. The van der Waals surface area contributed by atoms with Crippen molar-refractivity contribution in [3.8, 4) is 0 Å². The molecule has 0 atom stereocenters. The van der Waals surface area contributed by atoms with Crippen LogP contribution in [0.5, 0.6) is 0 Å². The monoisotopic (exact) mass is 285 g/mol. The molecule has 0 spiro atoms. The van der Waals surface area contributed by atoms with Crippen molar-refractivity contribution < 1.29 is 13.5 Å². The summed E-state index contributed by atoms with van der Waals surface area (Å²) in [5.41, 5.74) is 2.58. The number of sulfonamides is 1. The summed E-state index contributed by atoms with van der Waals surface area (Å²) in [7, 11) is -3.53. The molecule has 0 aliphatic heterocycles. The third kappa shape index (κ3) is 3.55. The normalized spacial score (nSPS) is 12.1. The summed E-state index contributed by atoms with van der Waals surface area (Å²) in [6.07, 6.45) is 0.725. The third-order valence-electron chi connectivity index (χ3n) is 3.02. The van der Waals surface area contributed by atoms with Gasteiger partial charge in [0.1, 0.15) is 0 Å². The van der Waals surface area contributed by atoms with E-state index in [9.17, 15) is 8.42 Å². The first kappa shape index (κ1) is 16.1. The molecule has 19 heavy (non-hydrogen) atoms. The van der Waals surface area contributed by atoms with E-state index >= 15 is 0 Å². The van der Waals surface area contributed by atoms with E-state index in [1.165, 1.54) is 4.31 Å². The summed E-state index contributed by atoms with van der Waals surface area (Å²) in [5, 5.41) is 9.05. The highest BCUT2D eigenvalue weighted by Gasteiger charge is 2.26. The molecule has 0 saturated carbocycles. The molecule has 1 aromatic carbocycles. The fraction of sp³-hybridized carbons (Fsp3) is 0.571. The van der Waals surface area contributed by atoms with Gasteiger partial charge in [0, 0.05) is 13.1 Å². The Bertz CT molecular complexity index is 509. The standard InChI is InChI=1S/C14H23NO3S/c1-5-6-15(7-8-16)19(17,18)14-12(3)9-11(2)10-13(14)4/h9-10,16H,5-8H2,1-4H3. The Kier molecular flexibility index (Phi) is 5.52. The number of rotatable bonds is 6. The van der Waals surface area contributed by atoms with Crippen LogP contribution in [0.25, 0.3) is 0 Å². The van der Waals surface area contributed by atoms with Crippen LogP contribution in [0.4, 0.5) is 0 Å². The van der Waals surface area contributed by atoms with Gasteiger partial charge in [0.2, 0.25) is 10.0 Å². The van der Waals surface area contributed by atoms with Crippen molar-refractivity contribution >= 4 is 10.0 Å². The first-order chi connectivity index (χ1) is 8.84. The molecule has 0 saturated heterocycles. The van der Waals surface area contributed by atoms with E-state index in [4.69, 9.17) is 5.11 Å². The second kappa shape index (κ2) is 6.50. The molecule has 0 aliphatic carbocycles. The van der Waals surface area contributed by atoms with Gasteiger partial charge in [0.25, 0.3) is 0 Å². The van der Waals surface area contributed by atoms with Crippen molar-refractivity contribution in [1.29, 1.82) is 0 Å². The van der Waals surface area contributed by atoms with Gasteiger partial charge in [-0.25, -0.2) is 8.42 Å². The van der Waals surface area contributed by atoms with Gasteiger partial charge >= 0.3 is 0 Å². The van der Waals surface area contributed by atoms with E-state index in [0.29, 0.717) is 11.4 Å². The Morgan fingerprint density at radius 1 is 1.11 bits per heavy atom. The van der Waals surface area contributed by atoms with Gasteiger partial charge in [0.15, 0.2) is 0 Å². The molecule has 1 N–H and O–H groups in total. The number of aliphatic hydroxyl groups is 1. The van der Waals surface area contributed by atoms with Crippen molar-refractivity contribution in [1.82, 2.24) is 4.31 Å². The maximum atomic E-state index is 12.7. The summed E-state index contributed by atoms with van der Waals surface area (Å²) in [4.78, 5) is 0.375. The minimum atomic E-state index is -3.53. The van der Waals surface area contributed by atoms with Crippen molar-refractivity contribution in [2.45, 2.75) is 39.0 Å². The Balaban J connectivity index is 3.33. The summed E-state index contributed by atoms with van der Waals surface area (Å²) in [6.45, 7) is 7.91. The van der Waals surface area contributed by atoms with Crippen LogP contribution in [0.15, 0.2) is 17.0 Å². The highest BCUT2D eigenvalue weighted by Crippen LogP contribution is 2.25. The fourth-order valence-electron chi connectivity index (χ4n) is 2.42. The van der Waals surface area contributed by atoms with Crippen molar-refractivity contribution in [3.63, 3.8) is 0 Å². The molecule has 4 nitrogen and oxygen atoms in total. The number of hydrogen-bond donors (Lipinski definition) is 1. The molecule has 108 valence electrons. The Hall–Kier alpha value is -0.910. The average Bonchev–Trinajstić information content (AvgIpc) is 2.26. The molecule has 0 heterocycles. The molecular formula is C14H23NO3S. The van der Waals surface area contributed by atoms with E-state index in [1.807, 2.05) is 39.8 Å². The lowest BCUT2D eigenvalue weighted by Crippen LogP contribution is -2.35. The Labute approximate surface area is 116 Å². The zero-order chi connectivity index (χ0) is 14.6. The largest absolute Gasteiger partial charge is 0.395 e. The first-order valence-corrected chi connectivity index (χ1v) is 7.97. The van der Waals surface area contributed by atoms with Gasteiger partial charge in [-0.1, -0.05) is 24.6 Å². The van der Waals surface area contributed by atoms with Gasteiger partial charge in [-0.15, -0.1) is 0 Å². The van der Waals surface area contributed by atoms with E-state index in [1.54, 1.807) is 0 Å². The predicted molar refractivity (Wildman–Crippen MR) is 76.8 cm³/mol. The van der Waals surface area contributed by atoms with Gasteiger partial charge in [-0.05, 0) is 38.3 Å². The predicted octanol–water partition coefficient (Wildman–Crippen LogP) is 2.00. The lowest BCUT2D eigenvalue weighted by atomic mass is 10.1. The van der Waals surface area contributed by atoms with Crippen LogP contribution in [-0.2, 0) is 10.0 Å². The van der Waals surface area contributed by atoms with Crippen LogP contribution in [-0.4, -0.2) is 37.5 Å². The summed E-state index contributed by atoms with van der Waals surface area (Å²) in [5.74, 6) is 0. The highest BCUT2D eigenvalue weighted by atomic mass is 32.2. The van der Waals surface area contributed by atoms with E-state index < -0.39 is 10.0 Å². The molecule has 0 bridgehead atoms. The molecule has 0 amide bonds. The van der Waals surface area contributed by atoms with Gasteiger partial charge in [-0.3, -0.25) is 0 Å².